The van der Waals surface area contributed by atoms with Gasteiger partial charge >= 0.3 is 53.7 Å². The van der Waals surface area contributed by atoms with Crippen molar-refractivity contribution < 1.29 is 99.3 Å². The lowest BCUT2D eigenvalue weighted by molar-refractivity contribution is -0.144. The SMILES string of the molecule is CC(O)C(N)C(=O)O.N=C(N)NCCCC(N)C(=O)O.NC(CC(=O)O)C(=O)O.NC(CCC(=O)O)C(=O)O.NC(CO)C(=O)O.NC(Cc1c[nH]cn1)C(=O)O.NCC(=O)O. The van der Waals surface area contributed by atoms with E-state index in [2.05, 4.69) is 21.0 Å². The minimum absolute atomic E-state index is 0.0231. The van der Waals surface area contributed by atoms with E-state index in [1.807, 2.05) is 0 Å². The molecule has 62 heavy (non-hydrogen) atoms. The van der Waals surface area contributed by atoms with Gasteiger partial charge in [-0.2, -0.15) is 0 Å². The largest absolute Gasteiger partial charge is 0.481 e. The summed E-state index contributed by atoms with van der Waals surface area (Å²) in [5.74, 6) is -10.1. The van der Waals surface area contributed by atoms with Gasteiger partial charge in [0.1, 0.15) is 36.3 Å². The van der Waals surface area contributed by atoms with Gasteiger partial charge < -0.3 is 112 Å². The van der Waals surface area contributed by atoms with Crippen molar-refractivity contribution >= 4 is 59.7 Å². The number of carboxylic acids is 9. The summed E-state index contributed by atoms with van der Waals surface area (Å²) in [6.07, 6.45) is 2.62. The number of carbonyl (C=O) groups is 9. The second-order valence-corrected chi connectivity index (χ2v) is 11.4. The van der Waals surface area contributed by atoms with Crippen molar-refractivity contribution in [1.29, 1.82) is 5.41 Å². The van der Waals surface area contributed by atoms with Gasteiger partial charge in [0.05, 0.1) is 37.7 Å². The molecule has 1 rings (SSSR count). The summed E-state index contributed by atoms with van der Waals surface area (Å²) >= 11 is 0. The Kier molecular flexibility index (Phi) is 44.5. The molecule has 0 radical (unpaired) electrons. The van der Waals surface area contributed by atoms with Crippen LogP contribution in [0.1, 0.15) is 44.7 Å². The molecule has 360 valence electrons. The van der Waals surface area contributed by atoms with E-state index in [0.29, 0.717) is 25.1 Å². The highest BCUT2D eigenvalue weighted by molar-refractivity contribution is 5.80. The molecule has 0 aliphatic carbocycles. The Labute approximate surface area is 351 Å². The van der Waals surface area contributed by atoms with E-state index in [1.165, 1.54) is 13.3 Å². The first-order chi connectivity index (χ1) is 28.3. The van der Waals surface area contributed by atoms with Crippen LogP contribution in [-0.4, -0.2) is 188 Å². The van der Waals surface area contributed by atoms with Gasteiger partial charge in [0, 0.05) is 25.6 Å². The van der Waals surface area contributed by atoms with Crippen molar-refractivity contribution in [1.82, 2.24) is 15.3 Å². The summed E-state index contributed by atoms with van der Waals surface area (Å²) in [6.45, 7) is 1.03. The van der Waals surface area contributed by atoms with Gasteiger partial charge in [-0.1, -0.05) is 0 Å². The molecule has 1 heterocycles. The predicted molar refractivity (Wildman–Crippen MR) is 210 cm³/mol. The van der Waals surface area contributed by atoms with Crippen LogP contribution in [0.4, 0.5) is 0 Å². The van der Waals surface area contributed by atoms with Crippen molar-refractivity contribution in [3.05, 3.63) is 18.2 Å². The van der Waals surface area contributed by atoms with Gasteiger partial charge in [0.15, 0.2) is 5.96 Å². The first-order valence-electron chi connectivity index (χ1n) is 16.9. The minimum atomic E-state index is -1.29. The van der Waals surface area contributed by atoms with E-state index in [-0.39, 0.29) is 31.8 Å². The third-order valence-corrected chi connectivity index (χ3v) is 5.82. The maximum Gasteiger partial charge on any atom is 0.323 e. The fourth-order valence-electron chi connectivity index (χ4n) is 2.35. The number of hydrogen-bond donors (Lipinski definition) is 22. The molecule has 32 nitrogen and oxygen atoms in total. The Bertz CT molecular complexity index is 1470. The van der Waals surface area contributed by atoms with E-state index in [0.717, 1.165) is 0 Å². The molecule has 0 aromatic carbocycles. The molecule has 7 atom stereocenters. The number of aromatic amines is 1. The average molecular weight is 909 g/mol. The van der Waals surface area contributed by atoms with Crippen LogP contribution in [0, 0.1) is 5.41 Å². The molecular weight excluding hydrogens is 848 g/mol. The Morgan fingerprint density at radius 2 is 1.10 bits per heavy atom. The molecule has 7 unspecified atom stereocenters. The molecule has 0 spiro atoms. The molecular formula is C30H60N12O20. The number of aliphatic hydroxyl groups is 2. The number of carboxylic acid groups (broad SMARTS) is 9. The van der Waals surface area contributed by atoms with Crippen molar-refractivity contribution in [2.45, 2.75) is 87.8 Å². The lowest BCUT2D eigenvalue weighted by Crippen LogP contribution is -2.39. The average Bonchev–Trinajstić information content (AvgIpc) is 3.68. The highest BCUT2D eigenvalue weighted by atomic mass is 16.4. The van der Waals surface area contributed by atoms with E-state index >= 15 is 0 Å². The maximum atomic E-state index is 10.3. The van der Waals surface area contributed by atoms with Crippen LogP contribution in [0.3, 0.4) is 0 Å². The number of guanidine groups is 1. The molecule has 0 aliphatic heterocycles. The first-order valence-corrected chi connectivity index (χ1v) is 16.9. The number of nitrogens with two attached hydrogens (primary N) is 8. The van der Waals surface area contributed by atoms with Crippen LogP contribution in [0.5, 0.6) is 0 Å². The predicted octanol–water partition coefficient (Wildman–Crippen LogP) is -7.64. The standard InChI is InChI=1S/C6H14N4O2.C6H9N3O2.C5H9NO4.C4H7NO4.C4H9NO3.C3H7NO3.C2H5NO2/c7-4(5(11)12)2-1-3-10-6(8)9;7-5(6(10)11)1-4-2-8-3-9-4;6-3(5(9)10)1-2-4(7)8;5-2(4(8)9)1-3(6)7;1-2(6)3(5)4(7)8;4-2(1-5)3(6)7;3-1-2(4)5/h4H,1-3,7H2,(H,11,12)(H4,8,9,10);2-3,5H,1,7H2,(H,8,9)(H,10,11);3H,1-2,6H2,(H,7,8)(H,9,10);2H,1,5H2,(H,6,7)(H,8,9);2-3,6H,5H2,1H3,(H,7,8);2,5H,1,4H2,(H,6,7);1,3H2,(H,4,5). The van der Waals surface area contributed by atoms with Crippen LogP contribution >= 0.6 is 0 Å². The van der Waals surface area contributed by atoms with Crippen molar-refractivity contribution in [3.63, 3.8) is 0 Å². The van der Waals surface area contributed by atoms with Gasteiger partial charge in [-0.15, -0.1) is 0 Å². The maximum absolute atomic E-state index is 10.3. The van der Waals surface area contributed by atoms with E-state index < -0.39 is 109 Å². The van der Waals surface area contributed by atoms with E-state index in [4.69, 9.17) is 102 Å². The fraction of sp³-hybridized carbons (Fsp3) is 0.567. The number of aromatic nitrogens is 2. The van der Waals surface area contributed by atoms with Crippen LogP contribution in [0.15, 0.2) is 12.5 Å². The fourth-order valence-corrected chi connectivity index (χ4v) is 2.35. The number of imidazole rings is 1. The third kappa shape index (κ3) is 53.3. The van der Waals surface area contributed by atoms with E-state index in [9.17, 15) is 43.2 Å². The zero-order valence-electron chi connectivity index (χ0n) is 33.2. The number of aliphatic carboxylic acids is 9. The topological polar surface area (TPSA) is 649 Å². The molecule has 0 fully saturated rings. The number of aliphatic hydroxyl groups excluding tert-OH is 2. The number of hydrogen-bond acceptors (Lipinski definition) is 20. The zero-order valence-corrected chi connectivity index (χ0v) is 33.2. The number of nitrogens with zero attached hydrogens (tertiary/aromatic N) is 1. The summed E-state index contributed by atoms with van der Waals surface area (Å²) in [7, 11) is 0. The lowest BCUT2D eigenvalue weighted by atomic mass is 10.2. The molecule has 0 amide bonds. The Morgan fingerprint density at radius 3 is 1.32 bits per heavy atom. The molecule has 0 aliphatic rings. The Balaban J connectivity index is -0.000000150. The van der Waals surface area contributed by atoms with Gasteiger partial charge in [-0.3, -0.25) is 48.6 Å². The highest BCUT2D eigenvalue weighted by Crippen LogP contribution is 1.96. The quantitative estimate of drug-likeness (QED) is 0.0328. The summed E-state index contributed by atoms with van der Waals surface area (Å²) in [6, 6.07) is -6.31. The summed E-state index contributed by atoms with van der Waals surface area (Å²) in [5.41, 5.74) is 40.2. The zero-order chi connectivity index (χ0) is 50.3. The van der Waals surface area contributed by atoms with Crippen LogP contribution in [-0.2, 0) is 49.6 Å². The molecule has 0 saturated carbocycles. The van der Waals surface area contributed by atoms with Gasteiger partial charge in [0.2, 0.25) is 0 Å². The highest BCUT2D eigenvalue weighted by Gasteiger charge is 2.17. The molecule has 1 aromatic rings. The second-order valence-electron chi connectivity index (χ2n) is 11.4. The molecule has 0 saturated heterocycles. The minimum Gasteiger partial charge on any atom is -0.481 e. The summed E-state index contributed by atoms with van der Waals surface area (Å²) < 4.78 is 0. The van der Waals surface area contributed by atoms with Crippen molar-refractivity contribution in [2.24, 2.45) is 45.9 Å². The van der Waals surface area contributed by atoms with Crippen molar-refractivity contribution in [3.8, 4) is 0 Å². The monoisotopic (exact) mass is 908 g/mol. The number of rotatable bonds is 20. The summed E-state index contributed by atoms with van der Waals surface area (Å²) in [4.78, 5) is 95.3. The summed E-state index contributed by atoms with van der Waals surface area (Å²) in [5, 5.41) is 98.5. The Hall–Kier alpha value is -6.65. The van der Waals surface area contributed by atoms with Gasteiger partial charge in [-0.05, 0) is 26.2 Å². The van der Waals surface area contributed by atoms with Crippen molar-refractivity contribution in [2.75, 3.05) is 19.7 Å². The Morgan fingerprint density at radius 1 is 0.677 bits per heavy atom. The normalized spacial score (nSPS) is 12.8. The van der Waals surface area contributed by atoms with Crippen LogP contribution in [0.25, 0.3) is 0 Å². The molecule has 30 N–H and O–H groups in total. The van der Waals surface area contributed by atoms with E-state index in [1.54, 1.807) is 6.20 Å². The lowest BCUT2D eigenvalue weighted by Gasteiger charge is -2.06. The van der Waals surface area contributed by atoms with Crippen LogP contribution in [0.2, 0.25) is 0 Å². The molecule has 1 aromatic heterocycles. The third-order valence-electron chi connectivity index (χ3n) is 5.82. The second kappa shape index (κ2) is 41.1. The first kappa shape index (κ1) is 67.1. The molecule has 32 heteroatoms. The number of H-pyrrole nitrogens is 1. The van der Waals surface area contributed by atoms with Gasteiger partial charge in [-0.25, -0.2) is 4.98 Å². The smallest absolute Gasteiger partial charge is 0.323 e. The van der Waals surface area contributed by atoms with Gasteiger partial charge in [0.25, 0.3) is 0 Å². The van der Waals surface area contributed by atoms with Crippen LogP contribution < -0.4 is 51.2 Å². The number of nitrogens with one attached hydrogen (secondary N) is 3. The molecule has 0 bridgehead atoms.